The third-order valence-electron chi connectivity index (χ3n) is 4.79. The van der Waals surface area contributed by atoms with E-state index in [0.717, 1.165) is 11.8 Å². The molecule has 0 spiro atoms. The maximum Gasteiger partial charge on any atom is 0.0367 e. The van der Waals surface area contributed by atoms with Crippen LogP contribution in [0.15, 0.2) is 29.2 Å². The van der Waals surface area contributed by atoms with Gasteiger partial charge in [0, 0.05) is 24.0 Å². The average molecular weight is 260 g/mol. The lowest BCUT2D eigenvalue weighted by atomic mass is 10.0. The molecule has 0 bridgehead atoms. The van der Waals surface area contributed by atoms with E-state index < -0.39 is 0 Å². The Morgan fingerprint density at radius 1 is 1.11 bits per heavy atom. The summed E-state index contributed by atoms with van der Waals surface area (Å²) < 4.78 is 0. The Hall–Kier alpha value is -0.510. The maximum atomic E-state index is 3.54. The van der Waals surface area contributed by atoms with Gasteiger partial charge >= 0.3 is 0 Å². The Balaban J connectivity index is 1.59. The second-order valence-electron chi connectivity index (χ2n) is 5.82. The predicted molar refractivity (Wildman–Crippen MR) is 75.9 cm³/mol. The summed E-state index contributed by atoms with van der Waals surface area (Å²) >= 11 is 2.03. The van der Waals surface area contributed by atoms with Crippen LogP contribution in [0.3, 0.4) is 0 Å². The lowest BCUT2D eigenvalue weighted by Crippen LogP contribution is -2.31. The van der Waals surface area contributed by atoms with E-state index in [9.17, 15) is 0 Å². The van der Waals surface area contributed by atoms with Crippen molar-refractivity contribution in [3.05, 3.63) is 29.8 Å². The minimum atomic E-state index is 0.688. The van der Waals surface area contributed by atoms with Crippen LogP contribution in [0, 0.1) is 11.8 Å². The van der Waals surface area contributed by atoms with E-state index in [-0.39, 0.29) is 0 Å². The van der Waals surface area contributed by atoms with Crippen molar-refractivity contribution in [3.63, 3.8) is 0 Å². The van der Waals surface area contributed by atoms with Gasteiger partial charge in [0.1, 0.15) is 0 Å². The summed E-state index contributed by atoms with van der Waals surface area (Å²) in [6.07, 6.45) is 1.33. The summed E-state index contributed by atoms with van der Waals surface area (Å²) in [4.78, 5) is 4.28. The molecule has 96 valence electrons. The largest absolute Gasteiger partial charge is 0.316 e. The van der Waals surface area contributed by atoms with Crippen LogP contribution in [-0.4, -0.2) is 36.8 Å². The molecule has 3 atom stereocenters. The molecule has 2 fully saturated rings. The summed E-state index contributed by atoms with van der Waals surface area (Å²) in [7, 11) is 0. The van der Waals surface area contributed by atoms with Crippen LogP contribution >= 0.6 is 11.8 Å². The van der Waals surface area contributed by atoms with Gasteiger partial charge in [-0.1, -0.05) is 18.2 Å². The molecular weight excluding hydrogens is 240 g/mol. The van der Waals surface area contributed by atoms with Gasteiger partial charge in [-0.05, 0) is 48.7 Å². The average Bonchev–Trinajstić information content (AvgIpc) is 2.99. The van der Waals surface area contributed by atoms with E-state index in [1.165, 1.54) is 43.2 Å². The van der Waals surface area contributed by atoms with Crippen LogP contribution in [0.2, 0.25) is 0 Å². The Morgan fingerprint density at radius 3 is 2.72 bits per heavy atom. The smallest absolute Gasteiger partial charge is 0.0367 e. The molecule has 1 N–H and O–H groups in total. The third kappa shape index (κ3) is 1.80. The number of hydrogen-bond acceptors (Lipinski definition) is 3. The normalized spacial score (nSPS) is 35.4. The molecule has 0 saturated carbocycles. The van der Waals surface area contributed by atoms with Gasteiger partial charge in [-0.3, -0.25) is 4.90 Å². The topological polar surface area (TPSA) is 15.3 Å². The lowest BCUT2D eigenvalue weighted by molar-refractivity contribution is 0.219. The molecule has 1 aromatic rings. The molecular formula is C15H20N2S. The molecule has 1 aromatic carbocycles. The Bertz CT molecular complexity index is 436. The summed E-state index contributed by atoms with van der Waals surface area (Å²) in [5, 5.41) is 3.54. The number of benzene rings is 1. The zero-order chi connectivity index (χ0) is 11.9. The van der Waals surface area contributed by atoms with Crippen molar-refractivity contribution in [2.75, 3.05) is 31.9 Å². The van der Waals surface area contributed by atoms with Gasteiger partial charge in [0.2, 0.25) is 0 Å². The molecule has 0 aromatic heterocycles. The van der Waals surface area contributed by atoms with Gasteiger partial charge in [0.15, 0.2) is 0 Å². The fourth-order valence-electron chi connectivity index (χ4n) is 3.85. The molecule has 0 amide bonds. The number of fused-ring (bicyclic) bond motifs is 2. The number of likely N-dealkylation sites (tertiary alicyclic amines) is 1. The minimum absolute atomic E-state index is 0.688. The van der Waals surface area contributed by atoms with Gasteiger partial charge < -0.3 is 5.32 Å². The fourth-order valence-corrected chi connectivity index (χ4v) is 4.96. The lowest BCUT2D eigenvalue weighted by Gasteiger charge is -2.33. The van der Waals surface area contributed by atoms with Crippen molar-refractivity contribution in [2.45, 2.75) is 17.4 Å². The van der Waals surface area contributed by atoms with Crippen LogP contribution in [-0.2, 0) is 0 Å². The Labute approximate surface area is 113 Å². The highest BCUT2D eigenvalue weighted by molar-refractivity contribution is 7.99. The number of rotatable bonds is 1. The quantitative estimate of drug-likeness (QED) is 0.834. The fraction of sp³-hybridized carbons (Fsp3) is 0.600. The Morgan fingerprint density at radius 2 is 1.89 bits per heavy atom. The summed E-state index contributed by atoms with van der Waals surface area (Å²) in [5.74, 6) is 3.10. The number of nitrogens with zero attached hydrogens (tertiary/aromatic N) is 1. The number of thioether (sulfide) groups is 1. The first-order valence-corrected chi connectivity index (χ1v) is 8.07. The molecule has 3 aliphatic heterocycles. The van der Waals surface area contributed by atoms with Crippen LogP contribution < -0.4 is 5.32 Å². The molecule has 3 heteroatoms. The first-order valence-electron chi connectivity index (χ1n) is 7.08. The minimum Gasteiger partial charge on any atom is -0.316 e. The van der Waals surface area contributed by atoms with Crippen molar-refractivity contribution in [1.29, 1.82) is 0 Å². The van der Waals surface area contributed by atoms with E-state index in [1.807, 2.05) is 11.8 Å². The molecule has 4 rings (SSSR count). The van der Waals surface area contributed by atoms with E-state index in [0.29, 0.717) is 6.04 Å². The standard InChI is InChI=1S/C15H20N2S/c1-2-4-15-13(3-1)14(5-6-18-15)17-9-11-7-16-8-12(11)10-17/h1-4,11-12,14,16H,5-10H2. The van der Waals surface area contributed by atoms with Crippen molar-refractivity contribution >= 4 is 11.8 Å². The molecule has 2 nitrogen and oxygen atoms in total. The SMILES string of the molecule is c1ccc2c(c1)SCCC2N1CC2CNCC2C1. The van der Waals surface area contributed by atoms with Crippen molar-refractivity contribution in [3.8, 4) is 0 Å². The highest BCUT2D eigenvalue weighted by Crippen LogP contribution is 2.42. The van der Waals surface area contributed by atoms with Gasteiger partial charge in [0.05, 0.1) is 0 Å². The zero-order valence-corrected chi connectivity index (χ0v) is 11.5. The van der Waals surface area contributed by atoms with E-state index >= 15 is 0 Å². The molecule has 18 heavy (non-hydrogen) atoms. The molecule has 0 aliphatic carbocycles. The summed E-state index contributed by atoms with van der Waals surface area (Å²) in [5.41, 5.74) is 1.58. The van der Waals surface area contributed by atoms with Crippen LogP contribution in [0.1, 0.15) is 18.0 Å². The van der Waals surface area contributed by atoms with E-state index in [4.69, 9.17) is 0 Å². The van der Waals surface area contributed by atoms with Crippen molar-refractivity contribution < 1.29 is 0 Å². The Kier molecular flexibility index (Phi) is 2.86. The van der Waals surface area contributed by atoms with Crippen LogP contribution in [0.25, 0.3) is 0 Å². The second-order valence-corrected chi connectivity index (χ2v) is 6.96. The summed E-state index contributed by atoms with van der Waals surface area (Å²) in [6.45, 7) is 5.09. The van der Waals surface area contributed by atoms with Crippen molar-refractivity contribution in [2.24, 2.45) is 11.8 Å². The second kappa shape index (κ2) is 4.55. The molecule has 2 saturated heterocycles. The van der Waals surface area contributed by atoms with Gasteiger partial charge in [-0.25, -0.2) is 0 Å². The van der Waals surface area contributed by atoms with Gasteiger partial charge in [0.25, 0.3) is 0 Å². The number of hydrogen-bond donors (Lipinski definition) is 1. The molecule has 0 radical (unpaired) electrons. The van der Waals surface area contributed by atoms with Crippen LogP contribution in [0.5, 0.6) is 0 Å². The van der Waals surface area contributed by atoms with Crippen molar-refractivity contribution in [1.82, 2.24) is 10.2 Å². The highest BCUT2D eigenvalue weighted by Gasteiger charge is 2.39. The summed E-state index contributed by atoms with van der Waals surface area (Å²) in [6, 6.07) is 9.71. The zero-order valence-electron chi connectivity index (χ0n) is 10.6. The first-order chi connectivity index (χ1) is 8.92. The van der Waals surface area contributed by atoms with E-state index in [2.05, 4.69) is 34.5 Å². The predicted octanol–water partition coefficient (Wildman–Crippen LogP) is 2.37. The van der Waals surface area contributed by atoms with Gasteiger partial charge in [-0.2, -0.15) is 0 Å². The molecule has 3 unspecified atom stereocenters. The highest BCUT2D eigenvalue weighted by atomic mass is 32.2. The maximum absolute atomic E-state index is 3.54. The van der Waals surface area contributed by atoms with Gasteiger partial charge in [-0.15, -0.1) is 11.8 Å². The first kappa shape index (κ1) is 11.3. The van der Waals surface area contributed by atoms with E-state index in [1.54, 1.807) is 5.56 Å². The van der Waals surface area contributed by atoms with Crippen LogP contribution in [0.4, 0.5) is 0 Å². The molecule has 3 heterocycles. The molecule has 3 aliphatic rings. The number of nitrogens with one attached hydrogen (secondary N) is 1. The third-order valence-corrected chi connectivity index (χ3v) is 5.91. The monoisotopic (exact) mass is 260 g/mol.